The first-order valence-electron chi connectivity index (χ1n) is 6.51. The molecule has 1 aliphatic rings. The lowest BCUT2D eigenvalue weighted by atomic mass is 10.2. The standard InChI is InChI=1S/C16H13FN2O2/c1-11(20)15-10-19(9-12-5-2-3-6-13(12)17)16-14(21-15)7-4-8-18-16/h2-8,10H,9H2,1H3. The lowest BCUT2D eigenvalue weighted by molar-refractivity contribution is -0.115. The van der Waals surface area contributed by atoms with Crippen molar-refractivity contribution in [2.24, 2.45) is 0 Å². The maximum Gasteiger partial charge on any atom is 0.196 e. The van der Waals surface area contributed by atoms with Gasteiger partial charge < -0.3 is 9.64 Å². The Kier molecular flexibility index (Phi) is 3.39. The van der Waals surface area contributed by atoms with E-state index in [9.17, 15) is 9.18 Å². The van der Waals surface area contributed by atoms with Gasteiger partial charge in [0.1, 0.15) is 5.82 Å². The number of Topliss-reactive ketones (excluding diaryl/α,β-unsaturated/α-hetero) is 1. The first-order chi connectivity index (χ1) is 10.1. The molecule has 0 N–H and O–H groups in total. The molecule has 0 spiro atoms. The zero-order chi connectivity index (χ0) is 14.8. The molecule has 4 nitrogen and oxygen atoms in total. The Balaban J connectivity index is 2.00. The molecule has 0 aliphatic carbocycles. The number of anilines is 1. The molecule has 1 aliphatic heterocycles. The van der Waals surface area contributed by atoms with Crippen LogP contribution in [0.3, 0.4) is 0 Å². The molecular weight excluding hydrogens is 271 g/mol. The molecule has 5 heteroatoms. The topological polar surface area (TPSA) is 42.4 Å². The van der Waals surface area contributed by atoms with Crippen molar-refractivity contribution in [2.75, 3.05) is 4.90 Å². The summed E-state index contributed by atoms with van der Waals surface area (Å²) in [6.45, 7) is 1.70. The summed E-state index contributed by atoms with van der Waals surface area (Å²) in [5.41, 5.74) is 0.523. The molecule has 0 saturated heterocycles. The zero-order valence-corrected chi connectivity index (χ0v) is 11.4. The van der Waals surface area contributed by atoms with Crippen LogP contribution in [0.15, 0.2) is 54.6 Å². The number of hydrogen-bond acceptors (Lipinski definition) is 4. The van der Waals surface area contributed by atoms with E-state index in [1.54, 1.807) is 47.6 Å². The highest BCUT2D eigenvalue weighted by molar-refractivity contribution is 5.93. The molecule has 0 amide bonds. The molecule has 0 unspecified atom stereocenters. The van der Waals surface area contributed by atoms with Gasteiger partial charge >= 0.3 is 0 Å². The Morgan fingerprint density at radius 2 is 2.10 bits per heavy atom. The molecule has 0 fully saturated rings. The minimum Gasteiger partial charge on any atom is -0.448 e. The van der Waals surface area contributed by atoms with Gasteiger partial charge in [0.2, 0.25) is 0 Å². The first kappa shape index (κ1) is 13.3. The molecule has 1 aromatic carbocycles. The van der Waals surface area contributed by atoms with Crippen LogP contribution in [0.4, 0.5) is 10.2 Å². The summed E-state index contributed by atoms with van der Waals surface area (Å²) in [4.78, 5) is 17.5. The SMILES string of the molecule is CC(=O)C1=CN(Cc2ccccc2F)c2ncccc2O1. The minimum absolute atomic E-state index is 0.192. The van der Waals surface area contributed by atoms with E-state index in [1.807, 2.05) is 0 Å². The van der Waals surface area contributed by atoms with Crippen LogP contribution in [0, 0.1) is 5.82 Å². The number of carbonyl (C=O) groups is 1. The van der Waals surface area contributed by atoms with Gasteiger partial charge in [-0.25, -0.2) is 9.37 Å². The van der Waals surface area contributed by atoms with Crippen molar-refractivity contribution in [3.05, 3.63) is 65.9 Å². The largest absolute Gasteiger partial charge is 0.448 e. The summed E-state index contributed by atoms with van der Waals surface area (Å²) in [6.07, 6.45) is 3.19. The molecule has 2 heterocycles. The number of rotatable bonds is 3. The number of ketones is 1. The third-order valence-corrected chi connectivity index (χ3v) is 3.16. The molecule has 0 saturated carbocycles. The normalized spacial score (nSPS) is 13.2. The van der Waals surface area contributed by atoms with E-state index in [2.05, 4.69) is 4.98 Å². The fourth-order valence-electron chi connectivity index (χ4n) is 2.12. The van der Waals surface area contributed by atoms with E-state index in [0.29, 0.717) is 17.1 Å². The van der Waals surface area contributed by atoms with Gasteiger partial charge in [0.05, 0.1) is 12.7 Å². The number of fused-ring (bicyclic) bond motifs is 1. The van der Waals surface area contributed by atoms with Crippen molar-refractivity contribution in [1.29, 1.82) is 0 Å². The Labute approximate surface area is 121 Å². The third-order valence-electron chi connectivity index (χ3n) is 3.16. The summed E-state index contributed by atoms with van der Waals surface area (Å²) in [6, 6.07) is 9.98. The quantitative estimate of drug-likeness (QED) is 0.868. The fraction of sp³-hybridized carbons (Fsp3) is 0.125. The van der Waals surface area contributed by atoms with Gasteiger partial charge in [-0.3, -0.25) is 4.79 Å². The molecule has 1 aromatic heterocycles. The van der Waals surface area contributed by atoms with Crippen molar-refractivity contribution < 1.29 is 13.9 Å². The van der Waals surface area contributed by atoms with Crippen molar-refractivity contribution in [3.63, 3.8) is 0 Å². The van der Waals surface area contributed by atoms with E-state index in [0.717, 1.165) is 0 Å². The van der Waals surface area contributed by atoms with E-state index in [1.165, 1.54) is 13.0 Å². The number of carbonyl (C=O) groups excluding carboxylic acids is 1. The number of pyridine rings is 1. The highest BCUT2D eigenvalue weighted by Crippen LogP contribution is 2.33. The highest BCUT2D eigenvalue weighted by atomic mass is 19.1. The van der Waals surface area contributed by atoms with Crippen LogP contribution in [-0.2, 0) is 11.3 Å². The maximum absolute atomic E-state index is 13.8. The molecule has 0 bridgehead atoms. The predicted octanol–water partition coefficient (Wildman–Crippen LogP) is 3.05. The number of ether oxygens (including phenoxy) is 1. The average Bonchev–Trinajstić information content (AvgIpc) is 2.49. The second kappa shape index (κ2) is 5.36. The van der Waals surface area contributed by atoms with Crippen molar-refractivity contribution in [1.82, 2.24) is 4.98 Å². The number of nitrogens with zero attached hydrogens (tertiary/aromatic N) is 2. The Morgan fingerprint density at radius 3 is 2.86 bits per heavy atom. The Morgan fingerprint density at radius 1 is 1.29 bits per heavy atom. The molecule has 2 aromatic rings. The number of halogens is 1. The minimum atomic E-state index is -0.292. The molecular formula is C16H13FN2O2. The fourth-order valence-corrected chi connectivity index (χ4v) is 2.12. The van der Waals surface area contributed by atoms with Crippen LogP contribution in [0.1, 0.15) is 12.5 Å². The van der Waals surface area contributed by atoms with Gasteiger partial charge in [0.25, 0.3) is 0 Å². The summed E-state index contributed by atoms with van der Waals surface area (Å²) >= 11 is 0. The van der Waals surface area contributed by atoms with Gasteiger partial charge in [-0.05, 0) is 18.2 Å². The second-order valence-electron chi connectivity index (χ2n) is 4.70. The second-order valence-corrected chi connectivity index (χ2v) is 4.70. The summed E-state index contributed by atoms with van der Waals surface area (Å²) in [5.74, 6) is 0.779. The summed E-state index contributed by atoms with van der Waals surface area (Å²) in [5, 5.41) is 0. The Bertz CT molecular complexity index is 728. The average molecular weight is 284 g/mol. The van der Waals surface area contributed by atoms with E-state index in [4.69, 9.17) is 4.74 Å². The first-order valence-corrected chi connectivity index (χ1v) is 6.51. The number of aromatic nitrogens is 1. The van der Waals surface area contributed by atoms with Gasteiger partial charge in [-0.15, -0.1) is 0 Å². The van der Waals surface area contributed by atoms with Gasteiger partial charge in [0, 0.05) is 18.7 Å². The molecule has 0 radical (unpaired) electrons. The van der Waals surface area contributed by atoms with Crippen molar-refractivity contribution in [2.45, 2.75) is 13.5 Å². The lowest BCUT2D eigenvalue weighted by Gasteiger charge is -2.27. The smallest absolute Gasteiger partial charge is 0.196 e. The zero-order valence-electron chi connectivity index (χ0n) is 11.4. The highest BCUT2D eigenvalue weighted by Gasteiger charge is 2.23. The van der Waals surface area contributed by atoms with Gasteiger partial charge in [-0.2, -0.15) is 0 Å². The number of benzene rings is 1. The van der Waals surface area contributed by atoms with E-state index >= 15 is 0 Å². The van der Waals surface area contributed by atoms with Crippen LogP contribution >= 0.6 is 0 Å². The number of hydrogen-bond donors (Lipinski definition) is 0. The number of allylic oxidation sites excluding steroid dienone is 1. The maximum atomic E-state index is 13.8. The van der Waals surface area contributed by atoms with E-state index < -0.39 is 0 Å². The van der Waals surface area contributed by atoms with Crippen molar-refractivity contribution >= 4 is 11.6 Å². The summed E-state index contributed by atoms with van der Waals surface area (Å²) in [7, 11) is 0. The van der Waals surface area contributed by atoms with Crippen LogP contribution < -0.4 is 9.64 Å². The predicted molar refractivity (Wildman–Crippen MR) is 76.2 cm³/mol. The van der Waals surface area contributed by atoms with Crippen LogP contribution in [-0.4, -0.2) is 10.8 Å². The van der Waals surface area contributed by atoms with Crippen molar-refractivity contribution in [3.8, 4) is 5.75 Å². The third kappa shape index (κ3) is 2.63. The lowest BCUT2D eigenvalue weighted by Crippen LogP contribution is -2.25. The van der Waals surface area contributed by atoms with Gasteiger partial charge in [-0.1, -0.05) is 18.2 Å². The summed E-state index contributed by atoms with van der Waals surface area (Å²) < 4.78 is 19.3. The molecule has 21 heavy (non-hydrogen) atoms. The Hall–Kier alpha value is -2.69. The van der Waals surface area contributed by atoms with Crippen LogP contribution in [0.25, 0.3) is 0 Å². The van der Waals surface area contributed by atoms with E-state index in [-0.39, 0.29) is 23.9 Å². The van der Waals surface area contributed by atoms with Crippen LogP contribution in [0.2, 0.25) is 0 Å². The van der Waals surface area contributed by atoms with Crippen LogP contribution in [0.5, 0.6) is 5.75 Å². The molecule has 3 rings (SSSR count). The molecule has 106 valence electrons. The van der Waals surface area contributed by atoms with Gasteiger partial charge in [0.15, 0.2) is 23.1 Å². The monoisotopic (exact) mass is 284 g/mol. The molecule has 0 atom stereocenters.